The summed E-state index contributed by atoms with van der Waals surface area (Å²) in [5.74, 6) is -1.15. The maximum absolute atomic E-state index is 12.4. The quantitative estimate of drug-likeness (QED) is 0.738. The van der Waals surface area contributed by atoms with Gasteiger partial charge in [-0.3, -0.25) is 9.59 Å². The molecule has 9 heteroatoms. The number of hydrogen-bond donors (Lipinski definition) is 2. The second-order valence-corrected chi connectivity index (χ2v) is 7.95. The van der Waals surface area contributed by atoms with Gasteiger partial charge in [-0.25, -0.2) is 8.42 Å². The summed E-state index contributed by atoms with van der Waals surface area (Å²) < 4.78 is 27.2. The summed E-state index contributed by atoms with van der Waals surface area (Å²) >= 11 is 5.75. The lowest BCUT2D eigenvalue weighted by atomic mass is 10.1. The second-order valence-electron chi connectivity index (χ2n) is 5.80. The minimum Gasteiger partial charge on any atom is -0.347 e. The van der Waals surface area contributed by atoms with Crippen LogP contribution in [0, 0.1) is 5.92 Å². The van der Waals surface area contributed by atoms with Gasteiger partial charge in [-0.15, -0.1) is 0 Å². The molecule has 134 valence electrons. The van der Waals surface area contributed by atoms with E-state index in [9.17, 15) is 18.0 Å². The van der Waals surface area contributed by atoms with Crippen LogP contribution < -0.4 is 10.0 Å². The fraction of sp³-hybridized carbons (Fsp3) is 0.467. The molecule has 0 heterocycles. The molecule has 0 aliphatic rings. The Bertz CT molecular complexity index is 687. The second kappa shape index (κ2) is 8.46. The van der Waals surface area contributed by atoms with Gasteiger partial charge in [-0.1, -0.05) is 25.4 Å². The van der Waals surface area contributed by atoms with E-state index in [-0.39, 0.29) is 23.3 Å². The first-order valence-electron chi connectivity index (χ1n) is 7.30. The number of likely N-dealkylation sites (N-methyl/N-ethyl adjacent to an activating group) is 1. The average molecular weight is 376 g/mol. The van der Waals surface area contributed by atoms with E-state index in [0.29, 0.717) is 5.02 Å². The molecule has 24 heavy (non-hydrogen) atoms. The Morgan fingerprint density at radius 3 is 2.17 bits per heavy atom. The first kappa shape index (κ1) is 20.4. The van der Waals surface area contributed by atoms with E-state index in [0.717, 1.165) is 0 Å². The fourth-order valence-electron chi connectivity index (χ4n) is 1.77. The summed E-state index contributed by atoms with van der Waals surface area (Å²) in [6.45, 7) is 3.22. The summed E-state index contributed by atoms with van der Waals surface area (Å²) in [6.07, 6.45) is 0. The van der Waals surface area contributed by atoms with Crippen LogP contribution in [0.1, 0.15) is 13.8 Å². The zero-order valence-electron chi connectivity index (χ0n) is 14.0. The molecule has 0 aliphatic carbocycles. The van der Waals surface area contributed by atoms with E-state index in [4.69, 9.17) is 11.6 Å². The van der Waals surface area contributed by atoms with Crippen LogP contribution in [0.5, 0.6) is 0 Å². The molecule has 0 aliphatic heterocycles. The van der Waals surface area contributed by atoms with Gasteiger partial charge in [0.25, 0.3) is 0 Å². The van der Waals surface area contributed by atoms with Crippen LogP contribution in [0.25, 0.3) is 0 Å². The number of hydrogen-bond acceptors (Lipinski definition) is 4. The predicted octanol–water partition coefficient (Wildman–Crippen LogP) is 0.847. The highest BCUT2D eigenvalue weighted by molar-refractivity contribution is 7.89. The summed E-state index contributed by atoms with van der Waals surface area (Å²) in [6, 6.07) is 4.62. The maximum atomic E-state index is 12.4. The van der Waals surface area contributed by atoms with Gasteiger partial charge >= 0.3 is 0 Å². The van der Waals surface area contributed by atoms with Crippen molar-refractivity contribution in [2.45, 2.75) is 24.8 Å². The average Bonchev–Trinajstić information content (AvgIpc) is 2.50. The number of amides is 2. The third-order valence-corrected chi connectivity index (χ3v) is 4.98. The summed E-state index contributed by atoms with van der Waals surface area (Å²) in [4.78, 5) is 25.1. The Morgan fingerprint density at radius 2 is 1.71 bits per heavy atom. The Labute approximate surface area is 147 Å². The number of rotatable bonds is 7. The standard InChI is InChI=1S/C15H22ClN3O4S/c1-10(2)14(15(21)17-9-13(20)19(3)4)18-24(22,23)12-7-5-11(16)6-8-12/h5-8,10,14,18H,9H2,1-4H3,(H,17,21)/t14-/m0/s1. The van der Waals surface area contributed by atoms with Crippen LogP contribution in [0.4, 0.5) is 0 Å². The van der Waals surface area contributed by atoms with Crippen LogP contribution in [-0.4, -0.2) is 51.8 Å². The molecule has 0 aromatic heterocycles. The molecule has 1 atom stereocenters. The van der Waals surface area contributed by atoms with Crippen molar-refractivity contribution in [2.75, 3.05) is 20.6 Å². The van der Waals surface area contributed by atoms with Gasteiger partial charge < -0.3 is 10.2 Å². The van der Waals surface area contributed by atoms with Crippen molar-refractivity contribution in [3.63, 3.8) is 0 Å². The van der Waals surface area contributed by atoms with Gasteiger partial charge in [0.05, 0.1) is 11.4 Å². The highest BCUT2D eigenvalue weighted by Crippen LogP contribution is 2.15. The van der Waals surface area contributed by atoms with Gasteiger partial charge in [-0.2, -0.15) is 4.72 Å². The number of carbonyl (C=O) groups excluding carboxylic acids is 2. The molecule has 1 aromatic rings. The molecule has 1 aromatic carbocycles. The Kier molecular flexibility index (Phi) is 7.19. The van der Waals surface area contributed by atoms with E-state index in [1.165, 1.54) is 29.2 Å². The highest BCUT2D eigenvalue weighted by Gasteiger charge is 2.28. The largest absolute Gasteiger partial charge is 0.347 e. The van der Waals surface area contributed by atoms with Crippen molar-refractivity contribution >= 4 is 33.4 Å². The minimum atomic E-state index is -3.89. The Hall–Kier alpha value is -1.64. The number of halogens is 1. The highest BCUT2D eigenvalue weighted by atomic mass is 35.5. The molecule has 1 rings (SSSR count). The number of nitrogens with one attached hydrogen (secondary N) is 2. The van der Waals surface area contributed by atoms with Crippen LogP contribution in [0.3, 0.4) is 0 Å². The molecule has 7 nitrogen and oxygen atoms in total. The number of benzene rings is 1. The molecule has 0 saturated heterocycles. The lowest BCUT2D eigenvalue weighted by molar-refractivity contribution is -0.131. The molecule has 2 N–H and O–H groups in total. The number of nitrogens with zero attached hydrogens (tertiary/aromatic N) is 1. The number of carbonyl (C=O) groups is 2. The SMILES string of the molecule is CC(C)[C@H](NS(=O)(=O)c1ccc(Cl)cc1)C(=O)NCC(=O)N(C)C. The zero-order chi connectivity index (χ0) is 18.5. The molecular weight excluding hydrogens is 354 g/mol. The van der Waals surface area contributed by atoms with E-state index < -0.39 is 22.0 Å². The lowest BCUT2D eigenvalue weighted by Crippen LogP contribution is -2.51. The molecule has 0 bridgehead atoms. The molecule has 2 amide bonds. The van der Waals surface area contributed by atoms with Gasteiger partial charge in [0.2, 0.25) is 21.8 Å². The topological polar surface area (TPSA) is 95.6 Å². The van der Waals surface area contributed by atoms with Crippen molar-refractivity contribution < 1.29 is 18.0 Å². The van der Waals surface area contributed by atoms with Crippen molar-refractivity contribution in [1.29, 1.82) is 0 Å². The summed E-state index contributed by atoms with van der Waals surface area (Å²) in [5, 5.41) is 2.86. The lowest BCUT2D eigenvalue weighted by Gasteiger charge is -2.22. The van der Waals surface area contributed by atoms with E-state index >= 15 is 0 Å². The van der Waals surface area contributed by atoms with E-state index in [1.807, 2.05) is 0 Å². The molecule has 0 radical (unpaired) electrons. The van der Waals surface area contributed by atoms with Gasteiger partial charge in [0.1, 0.15) is 6.04 Å². The Balaban J connectivity index is 2.87. The summed E-state index contributed by atoms with van der Waals surface area (Å²) in [7, 11) is -0.752. The molecule has 0 unspecified atom stereocenters. The maximum Gasteiger partial charge on any atom is 0.241 e. The van der Waals surface area contributed by atoms with Crippen LogP contribution in [0.2, 0.25) is 5.02 Å². The van der Waals surface area contributed by atoms with Crippen LogP contribution >= 0.6 is 11.6 Å². The predicted molar refractivity (Wildman–Crippen MR) is 92.1 cm³/mol. The smallest absolute Gasteiger partial charge is 0.241 e. The van der Waals surface area contributed by atoms with Crippen molar-refractivity contribution in [1.82, 2.24) is 14.9 Å². The summed E-state index contributed by atoms with van der Waals surface area (Å²) in [5.41, 5.74) is 0. The van der Waals surface area contributed by atoms with Gasteiger partial charge in [0.15, 0.2) is 0 Å². The van der Waals surface area contributed by atoms with E-state index in [2.05, 4.69) is 10.0 Å². The van der Waals surface area contributed by atoms with Crippen molar-refractivity contribution in [3.8, 4) is 0 Å². The molecular formula is C15H22ClN3O4S. The third-order valence-electron chi connectivity index (χ3n) is 3.27. The van der Waals surface area contributed by atoms with Gasteiger partial charge in [-0.05, 0) is 30.2 Å². The minimum absolute atomic E-state index is 0.00900. The third kappa shape index (κ3) is 5.77. The molecule has 0 saturated carbocycles. The van der Waals surface area contributed by atoms with Crippen molar-refractivity contribution in [2.24, 2.45) is 5.92 Å². The Morgan fingerprint density at radius 1 is 1.17 bits per heavy atom. The van der Waals surface area contributed by atoms with E-state index in [1.54, 1.807) is 27.9 Å². The van der Waals surface area contributed by atoms with Crippen LogP contribution in [0.15, 0.2) is 29.2 Å². The van der Waals surface area contributed by atoms with Crippen molar-refractivity contribution in [3.05, 3.63) is 29.3 Å². The normalized spacial score (nSPS) is 12.8. The first-order valence-corrected chi connectivity index (χ1v) is 9.16. The number of sulfonamides is 1. The van der Waals surface area contributed by atoms with Crippen LogP contribution in [-0.2, 0) is 19.6 Å². The monoisotopic (exact) mass is 375 g/mol. The first-order chi connectivity index (χ1) is 11.0. The van der Waals surface area contributed by atoms with Gasteiger partial charge in [0, 0.05) is 19.1 Å². The fourth-order valence-corrected chi connectivity index (χ4v) is 3.24. The zero-order valence-corrected chi connectivity index (χ0v) is 15.6. The molecule has 0 fully saturated rings. The molecule has 0 spiro atoms.